The highest BCUT2D eigenvalue weighted by Crippen LogP contribution is 2.21. The molecule has 1 aliphatic heterocycles. The second-order valence-electron chi connectivity index (χ2n) is 4.39. The van der Waals surface area contributed by atoms with Crippen LogP contribution in [-0.2, 0) is 9.53 Å². The fourth-order valence-electron chi connectivity index (χ4n) is 2.12. The lowest BCUT2D eigenvalue weighted by Crippen LogP contribution is -2.49. The molecule has 0 aromatic heterocycles. The predicted molar refractivity (Wildman–Crippen MR) is 60.7 cm³/mol. The molecule has 1 amide bonds. The van der Waals surface area contributed by atoms with Crippen molar-refractivity contribution in [2.24, 2.45) is 5.92 Å². The third kappa shape index (κ3) is 2.94. The number of hydrogen-bond donors (Lipinski definition) is 1. The van der Waals surface area contributed by atoms with Crippen molar-refractivity contribution in [2.75, 3.05) is 13.2 Å². The van der Waals surface area contributed by atoms with Gasteiger partial charge in [0, 0.05) is 12.1 Å². The van der Waals surface area contributed by atoms with Crippen LogP contribution < -0.4 is 5.32 Å². The van der Waals surface area contributed by atoms with Gasteiger partial charge in [-0.15, -0.1) is 0 Å². The predicted octanol–water partition coefficient (Wildman–Crippen LogP) is 2.11. The average molecular weight is 213 g/mol. The minimum absolute atomic E-state index is 0.000324. The second kappa shape index (κ2) is 5.50. The molecule has 0 saturated carbocycles. The van der Waals surface area contributed by atoms with Crippen molar-refractivity contribution in [3.05, 3.63) is 0 Å². The van der Waals surface area contributed by atoms with Gasteiger partial charge in [-0.3, -0.25) is 4.79 Å². The van der Waals surface area contributed by atoms with Gasteiger partial charge in [-0.1, -0.05) is 20.8 Å². The largest absolute Gasteiger partial charge is 0.381 e. The number of nitrogens with one attached hydrogen (secondary N) is 1. The van der Waals surface area contributed by atoms with E-state index in [1.54, 1.807) is 0 Å². The van der Waals surface area contributed by atoms with Crippen LogP contribution in [0.3, 0.4) is 0 Å². The Morgan fingerprint density at radius 3 is 2.33 bits per heavy atom. The first-order valence-corrected chi connectivity index (χ1v) is 6.07. The molecule has 1 N–H and O–H groups in total. The van der Waals surface area contributed by atoms with Crippen molar-refractivity contribution >= 4 is 5.91 Å². The van der Waals surface area contributed by atoms with Crippen LogP contribution in [0.2, 0.25) is 0 Å². The lowest BCUT2D eigenvalue weighted by Gasteiger charge is -2.32. The van der Waals surface area contributed by atoms with E-state index in [4.69, 9.17) is 4.74 Å². The minimum Gasteiger partial charge on any atom is -0.381 e. The molecule has 0 spiro atoms. The summed E-state index contributed by atoms with van der Waals surface area (Å²) >= 11 is 0. The Morgan fingerprint density at radius 2 is 1.93 bits per heavy atom. The van der Waals surface area contributed by atoms with Crippen molar-refractivity contribution in [3.63, 3.8) is 0 Å². The summed E-state index contributed by atoms with van der Waals surface area (Å²) < 4.78 is 5.23. The second-order valence-corrected chi connectivity index (χ2v) is 4.39. The molecule has 0 unspecified atom stereocenters. The van der Waals surface area contributed by atoms with E-state index in [1.807, 2.05) is 0 Å². The molecule has 0 aliphatic carbocycles. The number of carbonyl (C=O) groups excluding carboxylic acids is 1. The number of rotatable bonds is 5. The summed E-state index contributed by atoms with van der Waals surface area (Å²) in [7, 11) is 0. The van der Waals surface area contributed by atoms with Gasteiger partial charge in [0.05, 0.1) is 12.5 Å². The maximum atomic E-state index is 11.9. The summed E-state index contributed by atoms with van der Waals surface area (Å²) in [6.45, 7) is 7.74. The van der Waals surface area contributed by atoms with E-state index in [-0.39, 0.29) is 17.4 Å². The van der Waals surface area contributed by atoms with Gasteiger partial charge in [0.25, 0.3) is 0 Å². The lowest BCUT2D eigenvalue weighted by atomic mass is 9.89. The summed E-state index contributed by atoms with van der Waals surface area (Å²) in [5, 5.41) is 3.20. The summed E-state index contributed by atoms with van der Waals surface area (Å²) in [6.07, 6.45) is 3.87. The van der Waals surface area contributed by atoms with Crippen LogP contribution in [-0.4, -0.2) is 24.7 Å². The zero-order valence-corrected chi connectivity index (χ0v) is 10.1. The number of amides is 1. The van der Waals surface area contributed by atoms with Crippen molar-refractivity contribution in [2.45, 2.75) is 52.0 Å². The van der Waals surface area contributed by atoms with Gasteiger partial charge >= 0.3 is 0 Å². The van der Waals surface area contributed by atoms with Gasteiger partial charge < -0.3 is 10.1 Å². The first kappa shape index (κ1) is 12.5. The zero-order valence-electron chi connectivity index (χ0n) is 10.1. The highest BCUT2D eigenvalue weighted by molar-refractivity contribution is 5.79. The first-order chi connectivity index (χ1) is 7.17. The standard InChI is InChI=1S/C12H23NO2/c1-4-12(5-2,6-3)13-11(14)10-7-8-15-9-10/h10H,4-9H2,1-3H3,(H,13,14)/t10-/m0/s1. The third-order valence-corrected chi connectivity index (χ3v) is 3.72. The van der Waals surface area contributed by atoms with E-state index in [9.17, 15) is 4.79 Å². The fraction of sp³-hybridized carbons (Fsp3) is 0.917. The Labute approximate surface area is 92.6 Å². The Bertz CT molecular complexity index is 197. The van der Waals surface area contributed by atoms with Crippen LogP contribution in [0.15, 0.2) is 0 Å². The molecule has 88 valence electrons. The quantitative estimate of drug-likeness (QED) is 0.759. The van der Waals surface area contributed by atoms with Gasteiger partial charge in [0.1, 0.15) is 0 Å². The molecule has 3 nitrogen and oxygen atoms in total. The Morgan fingerprint density at radius 1 is 1.33 bits per heavy atom. The van der Waals surface area contributed by atoms with Crippen LogP contribution in [0.25, 0.3) is 0 Å². The molecular weight excluding hydrogens is 190 g/mol. The fourth-order valence-corrected chi connectivity index (χ4v) is 2.12. The molecule has 3 heteroatoms. The molecule has 0 bridgehead atoms. The maximum absolute atomic E-state index is 11.9. The normalized spacial score (nSPS) is 21.7. The Hall–Kier alpha value is -0.570. The number of hydrogen-bond acceptors (Lipinski definition) is 2. The van der Waals surface area contributed by atoms with E-state index in [1.165, 1.54) is 0 Å². The van der Waals surface area contributed by atoms with Gasteiger partial charge in [-0.2, -0.15) is 0 Å². The van der Waals surface area contributed by atoms with E-state index >= 15 is 0 Å². The molecule has 0 aromatic carbocycles. The lowest BCUT2D eigenvalue weighted by molar-refractivity contribution is -0.127. The topological polar surface area (TPSA) is 38.3 Å². The molecule has 0 aromatic rings. The van der Waals surface area contributed by atoms with Crippen LogP contribution in [0.5, 0.6) is 0 Å². The van der Waals surface area contributed by atoms with E-state index in [2.05, 4.69) is 26.1 Å². The smallest absolute Gasteiger partial charge is 0.225 e. The van der Waals surface area contributed by atoms with Crippen LogP contribution in [0.4, 0.5) is 0 Å². The molecule has 1 rings (SSSR count). The Kier molecular flexibility index (Phi) is 4.58. The minimum atomic E-state index is -0.000324. The maximum Gasteiger partial charge on any atom is 0.225 e. The van der Waals surface area contributed by atoms with E-state index in [0.29, 0.717) is 6.61 Å². The monoisotopic (exact) mass is 213 g/mol. The van der Waals surface area contributed by atoms with Gasteiger partial charge in [0.2, 0.25) is 5.91 Å². The van der Waals surface area contributed by atoms with Crippen LogP contribution in [0.1, 0.15) is 46.5 Å². The SMILES string of the molecule is CCC(CC)(CC)NC(=O)[C@H]1CCOC1. The highest BCUT2D eigenvalue weighted by atomic mass is 16.5. The molecule has 1 aliphatic rings. The molecule has 0 radical (unpaired) electrons. The van der Waals surface area contributed by atoms with Crippen molar-refractivity contribution in [1.82, 2.24) is 5.32 Å². The van der Waals surface area contributed by atoms with Crippen LogP contribution >= 0.6 is 0 Å². The summed E-state index contributed by atoms with van der Waals surface area (Å²) in [4.78, 5) is 11.9. The van der Waals surface area contributed by atoms with Crippen molar-refractivity contribution in [1.29, 1.82) is 0 Å². The zero-order chi connectivity index (χ0) is 11.3. The van der Waals surface area contributed by atoms with Gasteiger partial charge in [-0.05, 0) is 25.7 Å². The summed E-state index contributed by atoms with van der Waals surface area (Å²) in [5.41, 5.74) is -0.000324. The summed E-state index contributed by atoms with van der Waals surface area (Å²) in [5.74, 6) is 0.257. The molecular formula is C12H23NO2. The van der Waals surface area contributed by atoms with E-state index < -0.39 is 0 Å². The third-order valence-electron chi connectivity index (χ3n) is 3.72. The Balaban J connectivity index is 2.53. The average Bonchev–Trinajstić information content (AvgIpc) is 2.79. The molecule has 15 heavy (non-hydrogen) atoms. The van der Waals surface area contributed by atoms with Gasteiger partial charge in [0.15, 0.2) is 0 Å². The summed E-state index contributed by atoms with van der Waals surface area (Å²) in [6, 6.07) is 0. The molecule has 1 atom stereocenters. The highest BCUT2D eigenvalue weighted by Gasteiger charge is 2.31. The van der Waals surface area contributed by atoms with Crippen molar-refractivity contribution < 1.29 is 9.53 Å². The van der Waals surface area contributed by atoms with Crippen molar-refractivity contribution in [3.8, 4) is 0 Å². The van der Waals surface area contributed by atoms with Gasteiger partial charge in [-0.25, -0.2) is 0 Å². The molecule has 1 saturated heterocycles. The molecule has 1 heterocycles. The number of carbonyl (C=O) groups is 1. The van der Waals surface area contributed by atoms with E-state index in [0.717, 1.165) is 32.3 Å². The first-order valence-electron chi connectivity index (χ1n) is 6.07. The molecule has 1 fully saturated rings. The number of ether oxygens (including phenoxy) is 1. The van der Waals surface area contributed by atoms with Crippen LogP contribution in [0, 0.1) is 5.92 Å².